The number of rotatable bonds is 6. The van der Waals surface area contributed by atoms with E-state index < -0.39 is 0 Å². The zero-order valence-corrected chi connectivity index (χ0v) is 11.0. The van der Waals surface area contributed by atoms with Crippen LogP contribution < -0.4 is 0 Å². The molecule has 1 unspecified atom stereocenters. The molecule has 0 aliphatic heterocycles. The van der Waals surface area contributed by atoms with Crippen LogP contribution in [-0.2, 0) is 0 Å². The highest BCUT2D eigenvalue weighted by Gasteiger charge is 2.17. The molecule has 0 aromatic carbocycles. The van der Waals surface area contributed by atoms with Gasteiger partial charge in [0.1, 0.15) is 0 Å². The Morgan fingerprint density at radius 2 is 1.79 bits per heavy atom. The molecule has 1 atom stereocenters. The molecule has 1 fully saturated rings. The zero-order valence-electron chi connectivity index (χ0n) is 10.0. The van der Waals surface area contributed by atoms with Crippen molar-refractivity contribution in [2.24, 2.45) is 11.8 Å². The molecule has 0 N–H and O–H groups in total. The lowest BCUT2D eigenvalue weighted by Gasteiger charge is -2.25. The van der Waals surface area contributed by atoms with E-state index in [9.17, 15) is 0 Å². The van der Waals surface area contributed by atoms with Gasteiger partial charge < -0.3 is 0 Å². The van der Waals surface area contributed by atoms with E-state index in [1.807, 2.05) is 0 Å². The average molecular weight is 214 g/mol. The summed E-state index contributed by atoms with van der Waals surface area (Å²) in [6.07, 6.45) is 13.5. The van der Waals surface area contributed by atoms with Gasteiger partial charge in [-0.15, -0.1) is 8.58 Å². The van der Waals surface area contributed by atoms with Gasteiger partial charge in [0.05, 0.1) is 0 Å². The normalized spacial score (nSPS) is 28.7. The lowest BCUT2D eigenvalue weighted by molar-refractivity contribution is 0.276. The molecule has 14 heavy (non-hydrogen) atoms. The van der Waals surface area contributed by atoms with Crippen LogP contribution >= 0.6 is 8.58 Å². The van der Waals surface area contributed by atoms with Crippen LogP contribution in [0.3, 0.4) is 0 Å². The minimum Gasteiger partial charge on any atom is -0.122 e. The molecule has 1 saturated carbocycles. The molecule has 0 heterocycles. The molecule has 0 spiro atoms. The van der Waals surface area contributed by atoms with E-state index in [1.165, 1.54) is 65.9 Å². The van der Waals surface area contributed by atoms with Gasteiger partial charge in [-0.05, 0) is 30.6 Å². The van der Waals surface area contributed by atoms with Crippen molar-refractivity contribution in [1.82, 2.24) is 0 Å². The van der Waals surface area contributed by atoms with E-state index in [1.54, 1.807) is 0 Å². The minimum absolute atomic E-state index is 1.02. The Labute approximate surface area is 92.0 Å². The third-order valence-electron chi connectivity index (χ3n) is 3.53. The molecular weight excluding hydrogens is 187 g/mol. The first-order chi connectivity index (χ1) is 6.83. The fourth-order valence-electron chi connectivity index (χ4n) is 2.44. The summed E-state index contributed by atoms with van der Waals surface area (Å²) in [5.41, 5.74) is 0. The molecule has 1 heteroatoms. The largest absolute Gasteiger partial charge is 0.122 e. The molecule has 0 amide bonds. The Morgan fingerprint density at radius 3 is 2.43 bits per heavy atom. The van der Waals surface area contributed by atoms with Gasteiger partial charge in [0, 0.05) is 0 Å². The van der Waals surface area contributed by atoms with Crippen molar-refractivity contribution in [3.63, 3.8) is 0 Å². The highest BCUT2D eigenvalue weighted by atomic mass is 31.1. The summed E-state index contributed by atoms with van der Waals surface area (Å²) < 4.78 is 0. The predicted molar refractivity (Wildman–Crippen MR) is 68.7 cm³/mol. The first-order valence-electron chi connectivity index (χ1n) is 6.53. The third-order valence-corrected chi connectivity index (χ3v) is 5.09. The molecular formula is C13H27P. The predicted octanol–water partition coefficient (Wildman–Crippen LogP) is 4.68. The highest BCUT2D eigenvalue weighted by Crippen LogP contribution is 2.31. The second-order valence-electron chi connectivity index (χ2n) is 5.02. The molecule has 0 aromatic rings. The second-order valence-corrected chi connectivity index (χ2v) is 6.52. The van der Waals surface area contributed by atoms with E-state index >= 15 is 0 Å². The Kier molecular flexibility index (Phi) is 6.86. The van der Waals surface area contributed by atoms with Crippen LogP contribution in [-0.4, -0.2) is 12.3 Å². The van der Waals surface area contributed by atoms with Crippen molar-refractivity contribution in [1.29, 1.82) is 0 Å². The quantitative estimate of drug-likeness (QED) is 0.445. The van der Waals surface area contributed by atoms with Gasteiger partial charge in [0.25, 0.3) is 0 Å². The van der Waals surface area contributed by atoms with E-state index in [0.29, 0.717) is 0 Å². The van der Waals surface area contributed by atoms with Crippen molar-refractivity contribution in [2.75, 3.05) is 12.3 Å². The van der Waals surface area contributed by atoms with Gasteiger partial charge in [0.15, 0.2) is 0 Å². The molecule has 0 nitrogen and oxygen atoms in total. The van der Waals surface area contributed by atoms with Crippen LogP contribution in [0.4, 0.5) is 0 Å². The van der Waals surface area contributed by atoms with Crippen molar-refractivity contribution < 1.29 is 0 Å². The SMILES string of the molecule is CCCPCCCC1CCC(C)CC1. The second kappa shape index (κ2) is 7.69. The molecule has 1 aliphatic rings. The van der Waals surface area contributed by atoms with Crippen LogP contribution in [0.2, 0.25) is 0 Å². The van der Waals surface area contributed by atoms with E-state index in [0.717, 1.165) is 11.8 Å². The summed E-state index contributed by atoms with van der Waals surface area (Å²) in [6.45, 7) is 4.72. The summed E-state index contributed by atoms with van der Waals surface area (Å²) >= 11 is 0. The van der Waals surface area contributed by atoms with Gasteiger partial charge in [0.2, 0.25) is 0 Å². The monoisotopic (exact) mass is 214 g/mol. The van der Waals surface area contributed by atoms with Crippen molar-refractivity contribution in [3.05, 3.63) is 0 Å². The van der Waals surface area contributed by atoms with Gasteiger partial charge in [-0.25, -0.2) is 0 Å². The van der Waals surface area contributed by atoms with Crippen molar-refractivity contribution >= 4 is 8.58 Å². The minimum atomic E-state index is 1.02. The lowest BCUT2D eigenvalue weighted by atomic mass is 9.81. The third kappa shape index (κ3) is 5.35. The lowest BCUT2D eigenvalue weighted by Crippen LogP contribution is -2.12. The van der Waals surface area contributed by atoms with Crippen LogP contribution in [0.25, 0.3) is 0 Å². The maximum atomic E-state index is 2.42. The van der Waals surface area contributed by atoms with Crippen LogP contribution in [0, 0.1) is 11.8 Å². The molecule has 84 valence electrons. The van der Waals surface area contributed by atoms with Crippen molar-refractivity contribution in [2.45, 2.75) is 58.8 Å². The summed E-state index contributed by atoms with van der Waals surface area (Å²) in [7, 11) is 1.25. The van der Waals surface area contributed by atoms with Crippen LogP contribution in [0.1, 0.15) is 58.8 Å². The summed E-state index contributed by atoms with van der Waals surface area (Å²) in [4.78, 5) is 0. The van der Waals surface area contributed by atoms with E-state index in [2.05, 4.69) is 13.8 Å². The van der Waals surface area contributed by atoms with E-state index in [-0.39, 0.29) is 0 Å². The average Bonchev–Trinajstić information content (AvgIpc) is 2.21. The van der Waals surface area contributed by atoms with Gasteiger partial charge in [-0.2, -0.15) is 0 Å². The Morgan fingerprint density at radius 1 is 1.07 bits per heavy atom. The molecule has 0 saturated heterocycles. The van der Waals surface area contributed by atoms with Gasteiger partial charge in [-0.1, -0.05) is 52.4 Å². The van der Waals surface area contributed by atoms with Crippen LogP contribution in [0.5, 0.6) is 0 Å². The first-order valence-corrected chi connectivity index (χ1v) is 7.95. The van der Waals surface area contributed by atoms with E-state index in [4.69, 9.17) is 0 Å². The zero-order chi connectivity index (χ0) is 10.2. The van der Waals surface area contributed by atoms with Gasteiger partial charge >= 0.3 is 0 Å². The molecule has 0 bridgehead atoms. The maximum Gasteiger partial charge on any atom is -0.0353 e. The smallest absolute Gasteiger partial charge is 0.0353 e. The number of hydrogen-bond donors (Lipinski definition) is 0. The van der Waals surface area contributed by atoms with Crippen molar-refractivity contribution in [3.8, 4) is 0 Å². The summed E-state index contributed by atoms with van der Waals surface area (Å²) in [5.74, 6) is 2.12. The standard InChI is InChI=1S/C13H27P/c1-3-10-14-11-4-5-13-8-6-12(2)7-9-13/h12-14H,3-11H2,1-2H3. The Hall–Kier alpha value is 0.430. The molecule has 0 radical (unpaired) electrons. The number of hydrogen-bond acceptors (Lipinski definition) is 0. The Balaban J connectivity index is 1.91. The fraction of sp³-hybridized carbons (Fsp3) is 1.00. The molecule has 1 aliphatic carbocycles. The maximum absolute atomic E-state index is 2.42. The molecule has 0 aromatic heterocycles. The highest BCUT2D eigenvalue weighted by molar-refractivity contribution is 7.37. The Bertz CT molecular complexity index is 125. The fourth-order valence-corrected chi connectivity index (χ4v) is 3.49. The topological polar surface area (TPSA) is 0 Å². The van der Waals surface area contributed by atoms with Crippen LogP contribution in [0.15, 0.2) is 0 Å². The molecule has 1 rings (SSSR count). The van der Waals surface area contributed by atoms with Gasteiger partial charge in [-0.3, -0.25) is 0 Å². The first kappa shape index (κ1) is 12.5. The summed E-state index contributed by atoms with van der Waals surface area (Å²) in [5, 5.41) is 0. The summed E-state index contributed by atoms with van der Waals surface area (Å²) in [6, 6.07) is 0.